The van der Waals surface area contributed by atoms with E-state index in [0.29, 0.717) is 17.9 Å². The first-order valence-corrected chi connectivity index (χ1v) is 6.26. The molecule has 3 rings (SSSR count). The molecule has 0 spiro atoms. The van der Waals surface area contributed by atoms with Crippen molar-refractivity contribution in [2.24, 2.45) is 0 Å². The van der Waals surface area contributed by atoms with Crippen molar-refractivity contribution < 1.29 is 4.52 Å². The minimum Gasteiger partial charge on any atom is -0.322 e. The van der Waals surface area contributed by atoms with Gasteiger partial charge in [0, 0.05) is 19.3 Å². The quantitative estimate of drug-likeness (QED) is 0.846. The molecule has 1 aliphatic heterocycles. The number of anilines is 1. The maximum atomic E-state index is 5.16. The molecule has 0 bridgehead atoms. The molecule has 2 aromatic rings. The topological polar surface area (TPSA) is 60.0 Å². The van der Waals surface area contributed by atoms with Gasteiger partial charge in [-0.15, -0.1) is 0 Å². The number of aromatic nitrogens is 4. The summed E-state index contributed by atoms with van der Waals surface area (Å²) < 4.78 is 8.15. The first-order valence-electron chi connectivity index (χ1n) is 5.47. The Labute approximate surface area is 107 Å². The molecule has 6 nitrogen and oxygen atoms in total. The van der Waals surface area contributed by atoms with Gasteiger partial charge in [0.25, 0.3) is 0 Å². The number of aryl methyl sites for hydroxylation is 1. The van der Waals surface area contributed by atoms with Crippen molar-refractivity contribution in [1.82, 2.24) is 19.9 Å². The number of halogens is 1. The van der Waals surface area contributed by atoms with E-state index in [0.717, 1.165) is 24.0 Å². The molecule has 0 radical (unpaired) electrons. The molecule has 3 heterocycles. The maximum absolute atomic E-state index is 5.16. The predicted molar refractivity (Wildman–Crippen MR) is 64.8 cm³/mol. The van der Waals surface area contributed by atoms with Crippen LogP contribution in [0.3, 0.4) is 0 Å². The molecule has 7 heteroatoms. The van der Waals surface area contributed by atoms with Crippen LogP contribution in [0.25, 0.3) is 0 Å². The zero-order valence-corrected chi connectivity index (χ0v) is 11.0. The normalized spacial score (nSPS) is 20.1. The summed E-state index contributed by atoms with van der Waals surface area (Å²) in [5.74, 6) is 0.672. The van der Waals surface area contributed by atoms with Crippen LogP contribution >= 0.6 is 15.9 Å². The summed E-state index contributed by atoms with van der Waals surface area (Å²) >= 11 is 3.40. The molecule has 1 saturated heterocycles. The van der Waals surface area contributed by atoms with Gasteiger partial charge in [-0.3, -0.25) is 4.68 Å². The third-order valence-corrected chi connectivity index (χ3v) is 3.30. The Morgan fingerprint density at radius 2 is 2.41 bits per heavy atom. The molecule has 1 atom stereocenters. The third kappa shape index (κ3) is 2.06. The minimum atomic E-state index is 0.369. The highest BCUT2D eigenvalue weighted by Gasteiger charge is 2.27. The van der Waals surface area contributed by atoms with Crippen molar-refractivity contribution in [2.75, 3.05) is 18.0 Å². The van der Waals surface area contributed by atoms with Gasteiger partial charge in [0.2, 0.25) is 0 Å². The van der Waals surface area contributed by atoms with Gasteiger partial charge in [0.1, 0.15) is 0 Å². The summed E-state index contributed by atoms with van der Waals surface area (Å²) in [5.41, 5.74) is 0. The number of hydrogen-bond acceptors (Lipinski definition) is 5. The van der Waals surface area contributed by atoms with Crippen molar-refractivity contribution in [1.29, 1.82) is 0 Å². The molecule has 0 aliphatic carbocycles. The largest absolute Gasteiger partial charge is 0.324 e. The summed E-state index contributed by atoms with van der Waals surface area (Å²) in [6.07, 6.45) is 4.84. The fraction of sp³-hybridized carbons (Fsp3) is 0.500. The molecule has 1 unspecified atom stereocenters. The van der Waals surface area contributed by atoms with Crippen molar-refractivity contribution in [2.45, 2.75) is 19.4 Å². The summed E-state index contributed by atoms with van der Waals surface area (Å²) in [6.45, 7) is 3.60. The fourth-order valence-corrected chi connectivity index (χ4v) is 2.36. The van der Waals surface area contributed by atoms with E-state index in [1.165, 1.54) is 0 Å². The Bertz CT molecular complexity index is 476. The van der Waals surface area contributed by atoms with Crippen LogP contribution in [-0.4, -0.2) is 33.0 Å². The SMILES string of the molecule is Cc1noc(N2CCC(n3cc(Br)cn3)C2)n1. The van der Waals surface area contributed by atoms with E-state index < -0.39 is 0 Å². The maximum Gasteiger partial charge on any atom is 0.324 e. The van der Waals surface area contributed by atoms with Crippen LogP contribution in [0.2, 0.25) is 0 Å². The highest BCUT2D eigenvalue weighted by atomic mass is 79.9. The van der Waals surface area contributed by atoms with E-state index in [4.69, 9.17) is 4.52 Å². The number of nitrogens with zero attached hydrogens (tertiary/aromatic N) is 5. The average molecular weight is 298 g/mol. The van der Waals surface area contributed by atoms with E-state index >= 15 is 0 Å². The van der Waals surface area contributed by atoms with Gasteiger partial charge in [-0.1, -0.05) is 5.16 Å². The standard InChI is InChI=1S/C10H12BrN5O/c1-7-13-10(17-14-7)15-3-2-9(6-15)16-5-8(11)4-12-16/h4-5,9H,2-3,6H2,1H3. The van der Waals surface area contributed by atoms with Gasteiger partial charge in [0.05, 0.1) is 16.7 Å². The molecule has 0 saturated carbocycles. The van der Waals surface area contributed by atoms with E-state index in [9.17, 15) is 0 Å². The lowest BCUT2D eigenvalue weighted by atomic mass is 10.3. The smallest absolute Gasteiger partial charge is 0.322 e. The van der Waals surface area contributed by atoms with Crippen LogP contribution in [0.4, 0.5) is 6.01 Å². The molecule has 90 valence electrons. The Morgan fingerprint density at radius 1 is 1.53 bits per heavy atom. The van der Waals surface area contributed by atoms with Crippen molar-refractivity contribution in [3.63, 3.8) is 0 Å². The van der Waals surface area contributed by atoms with Gasteiger partial charge in [0.15, 0.2) is 5.82 Å². The lowest BCUT2D eigenvalue weighted by Gasteiger charge is -2.12. The second-order valence-electron chi connectivity index (χ2n) is 4.15. The Balaban J connectivity index is 1.73. The Kier molecular flexibility index (Phi) is 2.62. The molecular formula is C10H12BrN5O. The van der Waals surface area contributed by atoms with Crippen LogP contribution in [0.1, 0.15) is 18.3 Å². The van der Waals surface area contributed by atoms with Gasteiger partial charge < -0.3 is 9.42 Å². The van der Waals surface area contributed by atoms with Crippen molar-refractivity contribution >= 4 is 21.9 Å². The molecule has 17 heavy (non-hydrogen) atoms. The van der Waals surface area contributed by atoms with Gasteiger partial charge in [-0.2, -0.15) is 10.1 Å². The van der Waals surface area contributed by atoms with Gasteiger partial charge >= 0.3 is 6.01 Å². The molecule has 1 fully saturated rings. The Morgan fingerprint density at radius 3 is 3.06 bits per heavy atom. The number of rotatable bonds is 2. The van der Waals surface area contributed by atoms with Crippen molar-refractivity contribution in [3.8, 4) is 0 Å². The zero-order valence-electron chi connectivity index (χ0n) is 9.38. The highest BCUT2D eigenvalue weighted by Crippen LogP contribution is 2.26. The lowest BCUT2D eigenvalue weighted by molar-refractivity contribution is 0.411. The summed E-state index contributed by atoms with van der Waals surface area (Å²) in [6, 6.07) is 0.977. The first-order chi connectivity index (χ1) is 8.22. The first kappa shape index (κ1) is 10.8. The van der Waals surface area contributed by atoms with Crippen molar-refractivity contribution in [3.05, 3.63) is 22.7 Å². The Hall–Kier alpha value is -1.37. The summed E-state index contributed by atoms with van der Waals surface area (Å²) in [5, 5.41) is 8.11. The molecule has 1 aliphatic rings. The van der Waals surface area contributed by atoms with E-state index in [1.54, 1.807) is 6.20 Å². The van der Waals surface area contributed by atoms with Crippen LogP contribution in [0.15, 0.2) is 21.4 Å². The highest BCUT2D eigenvalue weighted by molar-refractivity contribution is 9.10. The predicted octanol–water partition coefficient (Wildman–Crippen LogP) is 1.79. The van der Waals surface area contributed by atoms with Crippen LogP contribution < -0.4 is 4.90 Å². The summed E-state index contributed by atoms with van der Waals surface area (Å²) in [7, 11) is 0. The monoisotopic (exact) mass is 297 g/mol. The molecule has 0 N–H and O–H groups in total. The third-order valence-electron chi connectivity index (χ3n) is 2.89. The molecule has 0 amide bonds. The molecule has 2 aromatic heterocycles. The second kappa shape index (κ2) is 4.14. The minimum absolute atomic E-state index is 0.369. The van der Waals surface area contributed by atoms with Gasteiger partial charge in [-0.25, -0.2) is 0 Å². The lowest BCUT2D eigenvalue weighted by Crippen LogP contribution is -2.21. The summed E-state index contributed by atoms with van der Waals surface area (Å²) in [4.78, 5) is 6.33. The fourth-order valence-electron chi connectivity index (χ4n) is 2.06. The average Bonchev–Trinajstić information content (AvgIpc) is 2.96. The van der Waals surface area contributed by atoms with E-state index in [1.807, 2.05) is 17.8 Å². The number of hydrogen-bond donors (Lipinski definition) is 0. The van der Waals surface area contributed by atoms with Crippen LogP contribution in [0.5, 0.6) is 0 Å². The van der Waals surface area contributed by atoms with E-state index in [-0.39, 0.29) is 0 Å². The van der Waals surface area contributed by atoms with E-state index in [2.05, 4.69) is 36.1 Å². The van der Waals surface area contributed by atoms with Crippen LogP contribution in [-0.2, 0) is 0 Å². The molecule has 0 aromatic carbocycles. The zero-order chi connectivity index (χ0) is 11.8. The second-order valence-corrected chi connectivity index (χ2v) is 5.07. The molecular weight excluding hydrogens is 286 g/mol. The van der Waals surface area contributed by atoms with Crippen LogP contribution in [0, 0.1) is 6.92 Å². The van der Waals surface area contributed by atoms with Gasteiger partial charge in [-0.05, 0) is 29.3 Å².